The van der Waals surface area contributed by atoms with Crippen molar-refractivity contribution < 1.29 is 9.53 Å². The van der Waals surface area contributed by atoms with Crippen LogP contribution in [0.1, 0.15) is 48.8 Å². The molecule has 1 amide bonds. The van der Waals surface area contributed by atoms with Crippen LogP contribution in [-0.2, 0) is 6.42 Å². The molecule has 1 fully saturated rings. The van der Waals surface area contributed by atoms with Crippen molar-refractivity contribution >= 4 is 5.91 Å². The molecular formula is C21H30N4O2. The Labute approximate surface area is 161 Å². The molecule has 1 aliphatic rings. The minimum atomic E-state index is -0.119. The van der Waals surface area contributed by atoms with Gasteiger partial charge in [-0.25, -0.2) is 0 Å². The Kier molecular flexibility index (Phi) is 6.50. The standard InChI is InChI=1S/C21H30N4O2/c1-15(2)19(13-16-7-4-5-9-20(16)27-3)23-21(26)18-10-12-25(24-18)17-8-6-11-22-14-17/h4-5,7,9-10,12,15,17,19,22H,6,8,11,13-14H2,1-3H3,(H,23,26). The van der Waals surface area contributed by atoms with E-state index in [1.807, 2.05) is 41.2 Å². The SMILES string of the molecule is COc1ccccc1CC(NC(=O)c1ccn(C2CCCNC2)n1)C(C)C. The van der Waals surface area contributed by atoms with Crippen LogP contribution >= 0.6 is 0 Å². The monoisotopic (exact) mass is 370 g/mol. The predicted molar refractivity (Wildman–Crippen MR) is 106 cm³/mol. The molecule has 2 aromatic rings. The minimum Gasteiger partial charge on any atom is -0.496 e. The van der Waals surface area contributed by atoms with Gasteiger partial charge in [-0.1, -0.05) is 32.0 Å². The summed E-state index contributed by atoms with van der Waals surface area (Å²) >= 11 is 0. The third kappa shape index (κ3) is 4.89. The van der Waals surface area contributed by atoms with Crippen molar-refractivity contribution in [2.45, 2.75) is 45.2 Å². The summed E-state index contributed by atoms with van der Waals surface area (Å²) in [7, 11) is 1.68. The van der Waals surface area contributed by atoms with E-state index >= 15 is 0 Å². The van der Waals surface area contributed by atoms with Crippen molar-refractivity contribution in [3.63, 3.8) is 0 Å². The number of amides is 1. The lowest BCUT2D eigenvalue weighted by molar-refractivity contribution is 0.0919. The lowest BCUT2D eigenvalue weighted by Crippen LogP contribution is -2.40. The van der Waals surface area contributed by atoms with Gasteiger partial charge in [0.05, 0.1) is 13.2 Å². The van der Waals surface area contributed by atoms with E-state index in [9.17, 15) is 4.79 Å². The van der Waals surface area contributed by atoms with Gasteiger partial charge in [-0.3, -0.25) is 9.48 Å². The summed E-state index contributed by atoms with van der Waals surface area (Å²) in [6.07, 6.45) is 4.87. The van der Waals surface area contributed by atoms with Crippen LogP contribution in [0.3, 0.4) is 0 Å². The third-order valence-corrected chi connectivity index (χ3v) is 5.24. The number of hydrogen-bond acceptors (Lipinski definition) is 4. The Morgan fingerprint density at radius 1 is 1.37 bits per heavy atom. The van der Waals surface area contributed by atoms with E-state index in [2.05, 4.69) is 29.6 Å². The van der Waals surface area contributed by atoms with E-state index in [1.165, 1.54) is 0 Å². The fourth-order valence-corrected chi connectivity index (χ4v) is 3.53. The van der Waals surface area contributed by atoms with Gasteiger partial charge >= 0.3 is 0 Å². The highest BCUT2D eigenvalue weighted by molar-refractivity contribution is 5.92. The van der Waals surface area contributed by atoms with E-state index in [0.717, 1.165) is 43.7 Å². The van der Waals surface area contributed by atoms with Gasteiger partial charge in [-0.05, 0) is 49.4 Å². The number of para-hydroxylation sites is 1. The second kappa shape index (κ2) is 9.04. The number of aromatic nitrogens is 2. The minimum absolute atomic E-state index is 0.00953. The summed E-state index contributed by atoms with van der Waals surface area (Å²) in [5, 5.41) is 11.1. The number of carbonyl (C=O) groups excluding carboxylic acids is 1. The zero-order valence-electron chi connectivity index (χ0n) is 16.4. The first kappa shape index (κ1) is 19.4. The maximum absolute atomic E-state index is 12.8. The Balaban J connectivity index is 1.67. The summed E-state index contributed by atoms with van der Waals surface area (Å²) in [4.78, 5) is 12.8. The van der Waals surface area contributed by atoms with Crippen LogP contribution in [-0.4, -0.2) is 41.9 Å². The molecule has 2 unspecified atom stereocenters. The van der Waals surface area contributed by atoms with Crippen LogP contribution in [0.5, 0.6) is 5.75 Å². The van der Waals surface area contributed by atoms with E-state index in [0.29, 0.717) is 17.7 Å². The predicted octanol–water partition coefficient (Wildman–Crippen LogP) is 2.81. The molecule has 1 aliphatic heterocycles. The van der Waals surface area contributed by atoms with Crippen LogP contribution in [0.4, 0.5) is 0 Å². The summed E-state index contributed by atoms with van der Waals surface area (Å²) in [5.41, 5.74) is 1.57. The van der Waals surface area contributed by atoms with E-state index in [1.54, 1.807) is 7.11 Å². The van der Waals surface area contributed by atoms with Gasteiger partial charge in [0, 0.05) is 18.8 Å². The fraction of sp³-hybridized carbons (Fsp3) is 0.524. The van der Waals surface area contributed by atoms with Crippen LogP contribution < -0.4 is 15.4 Å². The highest BCUT2D eigenvalue weighted by Crippen LogP contribution is 2.21. The number of piperidine rings is 1. The summed E-state index contributed by atoms with van der Waals surface area (Å²) < 4.78 is 7.37. The van der Waals surface area contributed by atoms with E-state index in [4.69, 9.17) is 4.74 Å². The van der Waals surface area contributed by atoms with E-state index in [-0.39, 0.29) is 11.9 Å². The molecule has 6 heteroatoms. The van der Waals surface area contributed by atoms with Crippen molar-refractivity contribution in [3.8, 4) is 5.75 Å². The van der Waals surface area contributed by atoms with Crippen molar-refractivity contribution in [3.05, 3.63) is 47.8 Å². The fourth-order valence-electron chi connectivity index (χ4n) is 3.53. The summed E-state index contributed by atoms with van der Waals surface area (Å²) in [5.74, 6) is 1.03. The van der Waals surface area contributed by atoms with Crippen molar-refractivity contribution in [2.75, 3.05) is 20.2 Å². The van der Waals surface area contributed by atoms with Crippen LogP contribution in [0.25, 0.3) is 0 Å². The average molecular weight is 370 g/mol. The van der Waals surface area contributed by atoms with Crippen molar-refractivity contribution in [2.24, 2.45) is 5.92 Å². The molecule has 2 atom stereocenters. The lowest BCUT2D eigenvalue weighted by Gasteiger charge is -2.24. The molecule has 2 N–H and O–H groups in total. The number of methoxy groups -OCH3 is 1. The molecule has 6 nitrogen and oxygen atoms in total. The smallest absolute Gasteiger partial charge is 0.272 e. The maximum atomic E-state index is 12.8. The van der Waals surface area contributed by atoms with Crippen LogP contribution in [0.2, 0.25) is 0 Å². The Bertz CT molecular complexity index is 750. The normalized spacial score (nSPS) is 18.3. The average Bonchev–Trinajstić information content (AvgIpc) is 3.19. The molecule has 1 aromatic carbocycles. The van der Waals surface area contributed by atoms with Gasteiger partial charge in [0.1, 0.15) is 11.4 Å². The number of benzene rings is 1. The molecule has 0 saturated carbocycles. The number of ether oxygens (including phenoxy) is 1. The van der Waals surface area contributed by atoms with Crippen LogP contribution in [0.15, 0.2) is 36.5 Å². The molecular weight excluding hydrogens is 340 g/mol. The second-order valence-electron chi connectivity index (χ2n) is 7.52. The molecule has 3 rings (SSSR count). The molecule has 0 spiro atoms. The van der Waals surface area contributed by atoms with Crippen molar-refractivity contribution in [1.82, 2.24) is 20.4 Å². The maximum Gasteiger partial charge on any atom is 0.272 e. The zero-order valence-corrected chi connectivity index (χ0v) is 16.4. The summed E-state index contributed by atoms with van der Waals surface area (Å²) in [6.45, 7) is 6.20. The first-order chi connectivity index (χ1) is 13.1. The highest BCUT2D eigenvalue weighted by atomic mass is 16.5. The molecule has 0 radical (unpaired) electrons. The number of hydrogen-bond donors (Lipinski definition) is 2. The number of carbonyl (C=O) groups is 1. The first-order valence-electron chi connectivity index (χ1n) is 9.77. The molecule has 27 heavy (non-hydrogen) atoms. The number of rotatable bonds is 7. The Morgan fingerprint density at radius 3 is 2.89 bits per heavy atom. The van der Waals surface area contributed by atoms with Gasteiger partial charge in [0.15, 0.2) is 0 Å². The van der Waals surface area contributed by atoms with E-state index < -0.39 is 0 Å². The molecule has 2 heterocycles. The molecule has 0 aliphatic carbocycles. The number of nitrogens with zero attached hydrogens (tertiary/aromatic N) is 2. The zero-order chi connectivity index (χ0) is 19.2. The van der Waals surface area contributed by atoms with Crippen molar-refractivity contribution in [1.29, 1.82) is 0 Å². The molecule has 1 saturated heterocycles. The number of nitrogens with one attached hydrogen (secondary N) is 2. The van der Waals surface area contributed by atoms with Gasteiger partial charge in [0.2, 0.25) is 0 Å². The van der Waals surface area contributed by atoms with Gasteiger partial charge in [0.25, 0.3) is 5.91 Å². The quantitative estimate of drug-likeness (QED) is 0.786. The van der Waals surface area contributed by atoms with Gasteiger partial charge in [-0.2, -0.15) is 5.10 Å². The molecule has 146 valence electrons. The molecule has 0 bridgehead atoms. The second-order valence-corrected chi connectivity index (χ2v) is 7.52. The van der Waals surface area contributed by atoms with Gasteiger partial charge in [-0.15, -0.1) is 0 Å². The third-order valence-electron chi connectivity index (χ3n) is 5.24. The molecule has 1 aromatic heterocycles. The van der Waals surface area contributed by atoms with Gasteiger partial charge < -0.3 is 15.4 Å². The lowest BCUT2D eigenvalue weighted by atomic mass is 9.95. The van der Waals surface area contributed by atoms with Crippen LogP contribution in [0, 0.1) is 5.92 Å². The first-order valence-corrected chi connectivity index (χ1v) is 9.77. The highest BCUT2D eigenvalue weighted by Gasteiger charge is 2.22. The Morgan fingerprint density at radius 2 is 2.19 bits per heavy atom. The topological polar surface area (TPSA) is 68.2 Å². The largest absolute Gasteiger partial charge is 0.496 e. The summed E-state index contributed by atoms with van der Waals surface area (Å²) in [6, 6.07) is 10.1. The Hall–Kier alpha value is -2.34.